The molecular weight excluding hydrogens is 404 g/mol. The van der Waals surface area contributed by atoms with Gasteiger partial charge in [-0.3, -0.25) is 5.10 Å². The standard InChI is InChI=1S/C20H20N6OS2/c1-2-11(1)14-9-29-26-20(14)27-13-4-3-12(7-13)16-8-17(25-24-16)23-19-18-15(5-6-21-19)22-10-28-18/h5-6,8-13H,1-4,7H2,(H2,21,23,24,25)/t12-,13+/m0/s1. The lowest BCUT2D eigenvalue weighted by atomic mass is 10.0. The molecule has 4 aromatic heterocycles. The Morgan fingerprint density at radius 2 is 2.07 bits per heavy atom. The number of aromatic amines is 1. The monoisotopic (exact) mass is 424 g/mol. The van der Waals surface area contributed by atoms with E-state index in [9.17, 15) is 0 Å². The Morgan fingerprint density at radius 3 is 3.00 bits per heavy atom. The van der Waals surface area contributed by atoms with E-state index in [1.54, 1.807) is 17.5 Å². The summed E-state index contributed by atoms with van der Waals surface area (Å²) in [5.41, 5.74) is 5.25. The minimum absolute atomic E-state index is 0.229. The number of thiazole rings is 1. The number of H-pyrrole nitrogens is 1. The van der Waals surface area contributed by atoms with E-state index in [2.05, 4.69) is 41.3 Å². The van der Waals surface area contributed by atoms with Gasteiger partial charge in [-0.25, -0.2) is 9.97 Å². The lowest BCUT2D eigenvalue weighted by Gasteiger charge is -2.13. The summed E-state index contributed by atoms with van der Waals surface area (Å²) in [6, 6.07) is 4.01. The lowest BCUT2D eigenvalue weighted by Crippen LogP contribution is -2.13. The molecule has 2 fully saturated rings. The molecule has 6 rings (SSSR count). The quantitative estimate of drug-likeness (QED) is 0.442. The topological polar surface area (TPSA) is 88.6 Å². The number of aromatic nitrogens is 5. The van der Waals surface area contributed by atoms with E-state index in [1.165, 1.54) is 29.9 Å². The third-order valence-electron chi connectivity index (χ3n) is 5.77. The van der Waals surface area contributed by atoms with E-state index < -0.39 is 0 Å². The van der Waals surface area contributed by atoms with Gasteiger partial charge < -0.3 is 10.1 Å². The number of nitrogens with zero attached hydrogens (tertiary/aromatic N) is 4. The van der Waals surface area contributed by atoms with Gasteiger partial charge in [-0.05, 0) is 55.6 Å². The summed E-state index contributed by atoms with van der Waals surface area (Å²) in [6.07, 6.45) is 7.68. The van der Waals surface area contributed by atoms with Crippen molar-refractivity contribution in [2.75, 3.05) is 5.32 Å². The Hall–Kier alpha value is -2.52. The predicted molar refractivity (Wildman–Crippen MR) is 114 cm³/mol. The molecule has 29 heavy (non-hydrogen) atoms. The maximum absolute atomic E-state index is 6.28. The molecule has 0 radical (unpaired) electrons. The molecule has 0 aromatic carbocycles. The molecule has 9 heteroatoms. The smallest absolute Gasteiger partial charge is 0.228 e. The maximum Gasteiger partial charge on any atom is 0.228 e. The normalized spacial score (nSPS) is 21.7. The van der Waals surface area contributed by atoms with Crippen molar-refractivity contribution in [3.63, 3.8) is 0 Å². The van der Waals surface area contributed by atoms with Crippen LogP contribution in [0.5, 0.6) is 5.88 Å². The summed E-state index contributed by atoms with van der Waals surface area (Å²) in [7, 11) is 0. The van der Waals surface area contributed by atoms with Gasteiger partial charge in [0.25, 0.3) is 0 Å². The molecule has 0 aliphatic heterocycles. The highest BCUT2D eigenvalue weighted by Crippen LogP contribution is 2.46. The minimum Gasteiger partial charge on any atom is -0.474 e. The lowest BCUT2D eigenvalue weighted by molar-refractivity contribution is 0.199. The number of rotatable bonds is 6. The van der Waals surface area contributed by atoms with Crippen molar-refractivity contribution >= 4 is 44.7 Å². The number of ether oxygens (including phenoxy) is 1. The van der Waals surface area contributed by atoms with Crippen LogP contribution in [0.25, 0.3) is 10.2 Å². The average molecular weight is 425 g/mol. The Bertz CT molecular complexity index is 1150. The van der Waals surface area contributed by atoms with Crippen LogP contribution < -0.4 is 10.1 Å². The molecule has 2 saturated carbocycles. The van der Waals surface area contributed by atoms with Crippen molar-refractivity contribution in [2.24, 2.45) is 0 Å². The molecule has 4 heterocycles. The molecular formula is C20H20N6OS2. The molecule has 2 aliphatic carbocycles. The predicted octanol–water partition coefficient (Wildman–Crippen LogP) is 5.21. The van der Waals surface area contributed by atoms with E-state index in [1.807, 2.05) is 11.6 Å². The summed E-state index contributed by atoms with van der Waals surface area (Å²) >= 11 is 3.09. The first kappa shape index (κ1) is 17.3. The summed E-state index contributed by atoms with van der Waals surface area (Å²) in [6.45, 7) is 0. The maximum atomic E-state index is 6.28. The van der Waals surface area contributed by atoms with E-state index in [-0.39, 0.29) is 6.10 Å². The highest BCUT2D eigenvalue weighted by molar-refractivity contribution is 7.17. The van der Waals surface area contributed by atoms with Crippen molar-refractivity contribution in [1.29, 1.82) is 0 Å². The second kappa shape index (κ2) is 7.07. The molecule has 0 unspecified atom stereocenters. The van der Waals surface area contributed by atoms with Gasteiger partial charge in [-0.1, -0.05) is 0 Å². The van der Waals surface area contributed by atoms with Crippen LogP contribution in [0.1, 0.15) is 55.2 Å². The Morgan fingerprint density at radius 1 is 1.14 bits per heavy atom. The van der Waals surface area contributed by atoms with Crippen molar-refractivity contribution < 1.29 is 4.74 Å². The molecule has 0 saturated heterocycles. The van der Waals surface area contributed by atoms with Crippen LogP contribution in [-0.4, -0.2) is 30.6 Å². The van der Waals surface area contributed by atoms with Gasteiger partial charge >= 0.3 is 0 Å². The van der Waals surface area contributed by atoms with Crippen molar-refractivity contribution in [3.05, 3.63) is 40.5 Å². The molecule has 2 aliphatic rings. The zero-order valence-electron chi connectivity index (χ0n) is 15.7. The zero-order valence-corrected chi connectivity index (χ0v) is 17.3. The van der Waals surface area contributed by atoms with Gasteiger partial charge in [-0.2, -0.15) is 9.47 Å². The fourth-order valence-electron chi connectivity index (χ4n) is 4.09. The molecule has 2 N–H and O–H groups in total. The molecule has 0 amide bonds. The van der Waals surface area contributed by atoms with E-state index in [0.717, 1.165) is 52.7 Å². The first-order valence-electron chi connectivity index (χ1n) is 9.95. The minimum atomic E-state index is 0.229. The number of hydrogen-bond donors (Lipinski definition) is 2. The van der Waals surface area contributed by atoms with Crippen LogP contribution in [0.15, 0.2) is 29.2 Å². The van der Waals surface area contributed by atoms with Crippen LogP contribution >= 0.6 is 22.9 Å². The third-order valence-corrected chi connectivity index (χ3v) is 7.25. The summed E-state index contributed by atoms with van der Waals surface area (Å²) < 4.78 is 11.8. The largest absolute Gasteiger partial charge is 0.474 e. The SMILES string of the molecule is c1cc2ncsc2c(Nc2cc([C@H]3CC[C@@H](Oc4nscc4C4CC4)C3)[nH]n2)n1. The van der Waals surface area contributed by atoms with Crippen LogP contribution in [0.4, 0.5) is 11.6 Å². The van der Waals surface area contributed by atoms with Gasteiger partial charge in [-0.15, -0.1) is 11.3 Å². The Balaban J connectivity index is 1.13. The molecule has 148 valence electrons. The highest BCUT2D eigenvalue weighted by Gasteiger charge is 2.33. The van der Waals surface area contributed by atoms with Crippen LogP contribution in [0.2, 0.25) is 0 Å². The molecule has 4 aromatic rings. The van der Waals surface area contributed by atoms with E-state index in [4.69, 9.17) is 4.74 Å². The Kier molecular flexibility index (Phi) is 4.23. The van der Waals surface area contributed by atoms with Gasteiger partial charge in [0.05, 0.1) is 15.7 Å². The second-order valence-electron chi connectivity index (χ2n) is 7.79. The number of pyridine rings is 1. The van der Waals surface area contributed by atoms with E-state index in [0.29, 0.717) is 11.8 Å². The summed E-state index contributed by atoms with van der Waals surface area (Å²) in [5.74, 6) is 3.57. The van der Waals surface area contributed by atoms with Crippen LogP contribution in [0.3, 0.4) is 0 Å². The van der Waals surface area contributed by atoms with E-state index >= 15 is 0 Å². The van der Waals surface area contributed by atoms with Crippen LogP contribution in [0, 0.1) is 0 Å². The fourth-order valence-corrected chi connectivity index (χ4v) is 5.52. The molecule has 0 spiro atoms. The second-order valence-corrected chi connectivity index (χ2v) is 9.28. The number of anilines is 2. The average Bonchev–Trinajstić information content (AvgIpc) is 3.20. The zero-order chi connectivity index (χ0) is 19.2. The first-order chi connectivity index (χ1) is 14.3. The molecule has 0 bridgehead atoms. The summed E-state index contributed by atoms with van der Waals surface area (Å²) in [4.78, 5) is 8.78. The first-order valence-corrected chi connectivity index (χ1v) is 11.7. The summed E-state index contributed by atoms with van der Waals surface area (Å²) in [5, 5.41) is 13.1. The third kappa shape index (κ3) is 3.38. The van der Waals surface area contributed by atoms with Gasteiger partial charge in [0.1, 0.15) is 6.10 Å². The van der Waals surface area contributed by atoms with Crippen LogP contribution in [-0.2, 0) is 0 Å². The Labute approximate surface area is 175 Å². The van der Waals surface area contributed by atoms with Gasteiger partial charge in [0, 0.05) is 34.8 Å². The number of fused-ring (bicyclic) bond motifs is 1. The van der Waals surface area contributed by atoms with Gasteiger partial charge in [0.2, 0.25) is 5.88 Å². The highest BCUT2D eigenvalue weighted by atomic mass is 32.1. The fraction of sp³-hybridized carbons (Fsp3) is 0.400. The van der Waals surface area contributed by atoms with Crippen molar-refractivity contribution in [3.8, 4) is 5.88 Å². The number of hydrogen-bond acceptors (Lipinski definition) is 8. The van der Waals surface area contributed by atoms with Gasteiger partial charge in [0.15, 0.2) is 11.6 Å². The number of nitrogens with one attached hydrogen (secondary N) is 2. The van der Waals surface area contributed by atoms with Crippen molar-refractivity contribution in [2.45, 2.75) is 50.0 Å². The molecule has 2 atom stereocenters. The molecule has 7 nitrogen and oxygen atoms in total. The van der Waals surface area contributed by atoms with Crippen molar-refractivity contribution in [1.82, 2.24) is 24.5 Å².